The maximum atomic E-state index is 6.40. The van der Waals surface area contributed by atoms with Crippen molar-refractivity contribution in [3.8, 4) is 11.5 Å². The van der Waals surface area contributed by atoms with Gasteiger partial charge in [0.1, 0.15) is 11.5 Å². The molecule has 1 N–H and O–H groups in total. The lowest BCUT2D eigenvalue weighted by Crippen LogP contribution is -2.46. The van der Waals surface area contributed by atoms with Gasteiger partial charge in [0.2, 0.25) is 0 Å². The van der Waals surface area contributed by atoms with Crippen LogP contribution < -0.4 is 14.5 Å². The maximum Gasteiger partial charge on any atom is 0.132 e. The second-order valence-corrected chi connectivity index (χ2v) is 10.9. The number of anilines is 2. The fourth-order valence-electron chi connectivity index (χ4n) is 5.74. The number of piperazine rings is 1. The second-order valence-electron chi connectivity index (χ2n) is 10.5. The highest BCUT2D eigenvalue weighted by Crippen LogP contribution is 2.33. The van der Waals surface area contributed by atoms with Crippen molar-refractivity contribution in [3.05, 3.63) is 83.0 Å². The third-order valence-electron chi connectivity index (χ3n) is 8.04. The van der Waals surface area contributed by atoms with Gasteiger partial charge in [-0.1, -0.05) is 23.7 Å². The molecule has 1 aromatic heterocycles. The summed E-state index contributed by atoms with van der Waals surface area (Å²) in [5.74, 6) is 1.82. The van der Waals surface area contributed by atoms with Gasteiger partial charge in [0, 0.05) is 84.4 Å². The number of halogens is 1. The summed E-state index contributed by atoms with van der Waals surface area (Å²) in [6.45, 7) is 14.0. The van der Waals surface area contributed by atoms with Crippen LogP contribution in [-0.2, 0) is 6.42 Å². The number of rotatable bonds is 11. The molecule has 1 aliphatic rings. The highest BCUT2D eigenvalue weighted by atomic mass is 35.5. The summed E-state index contributed by atoms with van der Waals surface area (Å²) in [6, 6.07) is 21.0. The highest BCUT2D eigenvalue weighted by Gasteiger charge is 2.20. The topological polar surface area (TPSA) is 34.7 Å². The van der Waals surface area contributed by atoms with Crippen LogP contribution in [0.25, 0.3) is 10.9 Å². The number of hydrogen-bond acceptors (Lipinski definition) is 4. The highest BCUT2D eigenvalue weighted by molar-refractivity contribution is 6.31. The SMILES string of the molecule is CCN(CC)c1cccc(Oc2cccc(N3CCN(CCCCc4c[nH]c5ccc(Cl)cc45)CC3)c2C)c1. The van der Waals surface area contributed by atoms with Crippen LogP contribution in [0.1, 0.15) is 37.8 Å². The minimum Gasteiger partial charge on any atom is -0.457 e. The van der Waals surface area contributed by atoms with Crippen LogP contribution in [-0.4, -0.2) is 55.7 Å². The predicted molar refractivity (Wildman–Crippen MR) is 166 cm³/mol. The summed E-state index contributed by atoms with van der Waals surface area (Å²) in [4.78, 5) is 10.8. The van der Waals surface area contributed by atoms with Gasteiger partial charge in [0.05, 0.1) is 0 Å². The first kappa shape index (κ1) is 27.4. The number of aryl methyl sites for hydroxylation is 1. The van der Waals surface area contributed by atoms with Gasteiger partial charge in [0.25, 0.3) is 0 Å². The predicted octanol–water partition coefficient (Wildman–Crippen LogP) is 7.91. The quantitative estimate of drug-likeness (QED) is 0.194. The van der Waals surface area contributed by atoms with Crippen molar-refractivity contribution >= 4 is 33.9 Å². The molecule has 0 aliphatic carbocycles. The fraction of sp³-hybridized carbons (Fsp3) is 0.394. The van der Waals surface area contributed by atoms with E-state index in [0.717, 1.165) is 68.8 Å². The standard InChI is InChI=1S/C33H41ClN4O/c1-4-37(5-2)28-11-8-12-29(23-28)39-33-14-9-13-32(25(33)3)38-20-18-36(19-21-38)17-7-6-10-26-24-35-31-16-15-27(34)22-30(26)31/h8-9,11-16,22-24,35H,4-7,10,17-21H2,1-3H3. The van der Waals surface area contributed by atoms with Crippen molar-refractivity contribution in [2.45, 2.75) is 40.0 Å². The van der Waals surface area contributed by atoms with Gasteiger partial charge in [-0.05, 0) is 94.6 Å². The minimum atomic E-state index is 0.804. The van der Waals surface area contributed by atoms with Crippen molar-refractivity contribution in [1.82, 2.24) is 9.88 Å². The fourth-order valence-corrected chi connectivity index (χ4v) is 5.91. The minimum absolute atomic E-state index is 0.804. The molecule has 0 amide bonds. The van der Waals surface area contributed by atoms with E-state index < -0.39 is 0 Å². The number of H-pyrrole nitrogens is 1. The number of ether oxygens (including phenoxy) is 1. The van der Waals surface area contributed by atoms with E-state index in [9.17, 15) is 0 Å². The normalized spacial score (nSPS) is 14.2. The zero-order chi connectivity index (χ0) is 27.2. The maximum absolute atomic E-state index is 6.40. The number of unbranched alkanes of at least 4 members (excludes halogenated alkanes) is 1. The molecule has 5 rings (SSSR count). The zero-order valence-corrected chi connectivity index (χ0v) is 24.3. The van der Waals surface area contributed by atoms with Crippen LogP contribution in [0.3, 0.4) is 0 Å². The molecule has 0 atom stereocenters. The molecular formula is C33H41ClN4O. The van der Waals surface area contributed by atoms with Gasteiger partial charge in [-0.25, -0.2) is 0 Å². The molecule has 5 nitrogen and oxygen atoms in total. The van der Waals surface area contributed by atoms with Crippen LogP contribution in [0.2, 0.25) is 5.02 Å². The largest absolute Gasteiger partial charge is 0.457 e. The van der Waals surface area contributed by atoms with Gasteiger partial charge in [-0.2, -0.15) is 0 Å². The Hall–Kier alpha value is -3.15. The van der Waals surface area contributed by atoms with E-state index in [2.05, 4.69) is 95.2 Å². The number of hydrogen-bond donors (Lipinski definition) is 1. The first-order chi connectivity index (χ1) is 19.1. The third-order valence-corrected chi connectivity index (χ3v) is 8.28. The monoisotopic (exact) mass is 544 g/mol. The molecule has 206 valence electrons. The Morgan fingerprint density at radius 2 is 1.72 bits per heavy atom. The molecule has 2 heterocycles. The molecule has 1 aliphatic heterocycles. The van der Waals surface area contributed by atoms with E-state index >= 15 is 0 Å². The Bertz CT molecular complexity index is 1370. The second kappa shape index (κ2) is 12.8. The summed E-state index contributed by atoms with van der Waals surface area (Å²) in [5.41, 5.74) is 6.23. The van der Waals surface area contributed by atoms with Gasteiger partial charge in [0.15, 0.2) is 0 Å². The average Bonchev–Trinajstić information content (AvgIpc) is 3.35. The zero-order valence-electron chi connectivity index (χ0n) is 23.5. The molecule has 0 saturated carbocycles. The Morgan fingerprint density at radius 3 is 2.51 bits per heavy atom. The average molecular weight is 545 g/mol. The Balaban J connectivity index is 1.12. The molecule has 0 bridgehead atoms. The van der Waals surface area contributed by atoms with Gasteiger partial charge in [-0.3, -0.25) is 4.90 Å². The van der Waals surface area contributed by atoms with Gasteiger partial charge < -0.3 is 19.5 Å². The molecule has 6 heteroatoms. The van der Waals surface area contributed by atoms with Gasteiger partial charge in [-0.15, -0.1) is 0 Å². The number of nitrogens with zero attached hydrogens (tertiary/aromatic N) is 3. The van der Waals surface area contributed by atoms with E-state index in [-0.39, 0.29) is 0 Å². The first-order valence-electron chi connectivity index (χ1n) is 14.4. The van der Waals surface area contributed by atoms with Crippen molar-refractivity contribution in [3.63, 3.8) is 0 Å². The molecule has 0 spiro atoms. The Morgan fingerprint density at radius 1 is 0.923 bits per heavy atom. The van der Waals surface area contributed by atoms with Crippen LogP contribution in [0, 0.1) is 6.92 Å². The molecular weight excluding hydrogens is 504 g/mol. The molecule has 1 saturated heterocycles. The summed E-state index contributed by atoms with van der Waals surface area (Å²) in [6.07, 6.45) is 5.63. The number of aromatic amines is 1. The number of fused-ring (bicyclic) bond motifs is 1. The lowest BCUT2D eigenvalue weighted by Gasteiger charge is -2.37. The van der Waals surface area contributed by atoms with E-state index in [1.54, 1.807) is 0 Å². The molecule has 0 unspecified atom stereocenters. The Kier molecular flexibility index (Phi) is 9.00. The smallest absolute Gasteiger partial charge is 0.132 e. The summed E-state index contributed by atoms with van der Waals surface area (Å²) in [7, 11) is 0. The number of nitrogens with one attached hydrogen (secondary N) is 1. The van der Waals surface area contributed by atoms with Crippen molar-refractivity contribution in [2.75, 3.05) is 55.6 Å². The van der Waals surface area contributed by atoms with Crippen LogP contribution in [0.4, 0.5) is 11.4 Å². The van der Waals surface area contributed by atoms with Crippen molar-refractivity contribution in [2.24, 2.45) is 0 Å². The molecule has 3 aromatic carbocycles. The lowest BCUT2D eigenvalue weighted by molar-refractivity contribution is 0.253. The van der Waals surface area contributed by atoms with Crippen molar-refractivity contribution < 1.29 is 4.74 Å². The Labute approximate surface area is 238 Å². The van der Waals surface area contributed by atoms with E-state index in [1.165, 1.54) is 46.2 Å². The summed E-state index contributed by atoms with van der Waals surface area (Å²) >= 11 is 6.21. The number of aromatic nitrogens is 1. The van der Waals surface area contributed by atoms with E-state index in [1.807, 2.05) is 12.1 Å². The molecule has 4 aromatic rings. The number of benzene rings is 3. The first-order valence-corrected chi connectivity index (χ1v) is 14.8. The molecule has 1 fully saturated rings. The lowest BCUT2D eigenvalue weighted by atomic mass is 10.1. The summed E-state index contributed by atoms with van der Waals surface area (Å²) < 4.78 is 6.40. The van der Waals surface area contributed by atoms with Crippen LogP contribution >= 0.6 is 11.6 Å². The third kappa shape index (κ3) is 6.54. The molecule has 0 radical (unpaired) electrons. The van der Waals surface area contributed by atoms with Crippen LogP contribution in [0.5, 0.6) is 11.5 Å². The summed E-state index contributed by atoms with van der Waals surface area (Å²) in [5, 5.41) is 2.06. The van der Waals surface area contributed by atoms with Crippen LogP contribution in [0.15, 0.2) is 66.9 Å². The van der Waals surface area contributed by atoms with E-state index in [4.69, 9.17) is 16.3 Å². The van der Waals surface area contributed by atoms with Gasteiger partial charge >= 0.3 is 0 Å². The van der Waals surface area contributed by atoms with Crippen molar-refractivity contribution in [1.29, 1.82) is 0 Å². The molecule has 39 heavy (non-hydrogen) atoms. The van der Waals surface area contributed by atoms with E-state index in [0.29, 0.717) is 0 Å².